The van der Waals surface area contributed by atoms with Gasteiger partial charge in [0.1, 0.15) is 17.2 Å². The van der Waals surface area contributed by atoms with Gasteiger partial charge in [-0.05, 0) is 72.8 Å². The van der Waals surface area contributed by atoms with Crippen LogP contribution in [0.2, 0.25) is 0 Å². The van der Waals surface area contributed by atoms with Crippen LogP contribution in [-0.2, 0) is 5.41 Å². The summed E-state index contributed by atoms with van der Waals surface area (Å²) in [7, 11) is 0. The summed E-state index contributed by atoms with van der Waals surface area (Å²) in [5.74, 6) is 4.24. The van der Waals surface area contributed by atoms with E-state index in [1.54, 1.807) is 0 Å². The highest BCUT2D eigenvalue weighted by Crippen LogP contribution is 2.62. The Morgan fingerprint density at radius 2 is 0.982 bits per heavy atom. The lowest BCUT2D eigenvalue weighted by atomic mass is 9.62. The minimum atomic E-state index is -0.674. The third-order valence-electron chi connectivity index (χ3n) is 12.0. The molecule has 6 heteroatoms. The van der Waals surface area contributed by atoms with E-state index < -0.39 is 5.41 Å². The van der Waals surface area contributed by atoms with Crippen LogP contribution in [0, 0.1) is 0 Å². The van der Waals surface area contributed by atoms with Crippen molar-refractivity contribution in [2.45, 2.75) is 5.41 Å². The Balaban J connectivity index is 1.10. The Morgan fingerprint density at radius 1 is 0.411 bits per heavy atom. The molecule has 0 saturated heterocycles. The average Bonchev–Trinajstić information content (AvgIpc) is 3.90. The Kier molecular flexibility index (Phi) is 5.74. The van der Waals surface area contributed by atoms with E-state index in [0.717, 1.165) is 106 Å². The Bertz CT molecular complexity index is 3390. The highest BCUT2D eigenvalue weighted by Gasteiger charge is 2.51. The number of hydrogen-bond acceptors (Lipinski definition) is 3. The Hall–Kier alpha value is -7.57. The summed E-state index contributed by atoms with van der Waals surface area (Å²) in [4.78, 5) is 5.16. The molecule has 56 heavy (non-hydrogen) atoms. The zero-order valence-electron chi connectivity index (χ0n) is 29.9. The van der Waals surface area contributed by atoms with E-state index in [2.05, 4.69) is 177 Å². The van der Waals surface area contributed by atoms with E-state index in [-0.39, 0.29) is 0 Å². The smallest absolute Gasteiger partial charge is 0.220 e. The molecule has 0 unspecified atom stereocenters. The Morgan fingerprint density at radius 3 is 1.73 bits per heavy atom. The van der Waals surface area contributed by atoms with Crippen LogP contribution in [0.1, 0.15) is 22.3 Å². The maximum atomic E-state index is 7.12. The van der Waals surface area contributed by atoms with Crippen LogP contribution in [0.25, 0.3) is 61.0 Å². The van der Waals surface area contributed by atoms with Gasteiger partial charge in [0.15, 0.2) is 5.75 Å². The number of aromatic nitrogens is 4. The summed E-state index contributed by atoms with van der Waals surface area (Å²) < 4.78 is 20.7. The van der Waals surface area contributed by atoms with Crippen LogP contribution in [-0.4, -0.2) is 18.5 Å². The van der Waals surface area contributed by atoms with E-state index >= 15 is 0 Å². The number of imidazole rings is 2. The highest BCUT2D eigenvalue weighted by atomic mass is 16.5. The molecule has 2 aliphatic rings. The van der Waals surface area contributed by atoms with Crippen molar-refractivity contribution < 1.29 is 9.47 Å². The minimum absolute atomic E-state index is 0.674. The fraction of sp³-hybridized carbons (Fsp3) is 0.0200. The second-order valence-electron chi connectivity index (χ2n) is 14.7. The molecule has 2 aliphatic heterocycles. The SMILES string of the molecule is c1ccc2c(c1)Oc1ccccc1C21c2ccccc2Oc2c(-n3c4ccccc4c4cc(-n5c6ccccc6n6c7ccccc7nc56)ccc43)cccc21. The van der Waals surface area contributed by atoms with Crippen LogP contribution >= 0.6 is 0 Å². The van der Waals surface area contributed by atoms with Gasteiger partial charge in [-0.25, -0.2) is 4.98 Å². The summed E-state index contributed by atoms with van der Waals surface area (Å²) in [5.41, 5.74) is 12.2. The van der Waals surface area contributed by atoms with Gasteiger partial charge < -0.3 is 14.0 Å². The molecule has 0 N–H and O–H groups in total. The molecule has 5 heterocycles. The number of para-hydroxylation sites is 9. The van der Waals surface area contributed by atoms with Gasteiger partial charge in [0.05, 0.1) is 44.2 Å². The van der Waals surface area contributed by atoms with Crippen LogP contribution in [0.3, 0.4) is 0 Å². The van der Waals surface area contributed by atoms with Gasteiger partial charge in [-0.2, -0.15) is 0 Å². The molecule has 3 aromatic heterocycles. The number of rotatable bonds is 2. The lowest BCUT2D eigenvalue weighted by molar-refractivity contribution is 0.398. The molecular formula is C50H30N4O2. The molecular weight excluding hydrogens is 689 g/mol. The maximum absolute atomic E-state index is 7.12. The quantitative estimate of drug-likeness (QED) is 0.179. The lowest BCUT2D eigenvalue weighted by Gasteiger charge is -2.45. The van der Waals surface area contributed by atoms with Gasteiger partial charge in [-0.3, -0.25) is 8.97 Å². The van der Waals surface area contributed by atoms with Gasteiger partial charge in [-0.15, -0.1) is 0 Å². The molecule has 0 aliphatic carbocycles. The molecule has 0 radical (unpaired) electrons. The van der Waals surface area contributed by atoms with Crippen molar-refractivity contribution in [2.75, 3.05) is 0 Å². The minimum Gasteiger partial charge on any atom is -0.457 e. The van der Waals surface area contributed by atoms with Crippen LogP contribution in [0.4, 0.5) is 0 Å². The molecule has 8 aromatic carbocycles. The predicted octanol–water partition coefficient (Wildman–Crippen LogP) is 12.1. The van der Waals surface area contributed by atoms with Gasteiger partial charge in [0, 0.05) is 38.7 Å². The number of hydrogen-bond donors (Lipinski definition) is 0. The molecule has 0 fully saturated rings. The molecule has 262 valence electrons. The molecule has 0 atom stereocenters. The number of benzene rings is 8. The first-order chi connectivity index (χ1) is 27.8. The van der Waals surface area contributed by atoms with Gasteiger partial charge >= 0.3 is 0 Å². The summed E-state index contributed by atoms with van der Waals surface area (Å²) in [6.45, 7) is 0. The van der Waals surface area contributed by atoms with Crippen molar-refractivity contribution in [2.24, 2.45) is 0 Å². The summed E-state index contributed by atoms with van der Waals surface area (Å²) >= 11 is 0. The number of ether oxygens (including phenoxy) is 2. The molecule has 0 amide bonds. The monoisotopic (exact) mass is 718 g/mol. The van der Waals surface area contributed by atoms with Crippen molar-refractivity contribution in [1.29, 1.82) is 0 Å². The topological polar surface area (TPSA) is 45.6 Å². The Labute approximate surface area is 320 Å². The van der Waals surface area contributed by atoms with Crippen molar-refractivity contribution in [3.05, 3.63) is 204 Å². The third-order valence-corrected chi connectivity index (χ3v) is 12.0. The van der Waals surface area contributed by atoms with Crippen LogP contribution in [0.15, 0.2) is 182 Å². The molecule has 0 bridgehead atoms. The molecule has 6 nitrogen and oxygen atoms in total. The lowest BCUT2D eigenvalue weighted by Crippen LogP contribution is -2.37. The van der Waals surface area contributed by atoms with E-state index in [0.29, 0.717) is 0 Å². The fourth-order valence-corrected chi connectivity index (χ4v) is 9.76. The van der Waals surface area contributed by atoms with Crippen molar-refractivity contribution in [3.8, 4) is 34.4 Å². The molecule has 1 spiro atoms. The second-order valence-corrected chi connectivity index (χ2v) is 14.7. The molecule has 11 aromatic rings. The van der Waals surface area contributed by atoms with E-state index in [1.807, 2.05) is 18.2 Å². The van der Waals surface area contributed by atoms with E-state index in [4.69, 9.17) is 14.5 Å². The molecule has 13 rings (SSSR count). The van der Waals surface area contributed by atoms with Gasteiger partial charge in [0.2, 0.25) is 5.78 Å². The zero-order valence-corrected chi connectivity index (χ0v) is 29.9. The second kappa shape index (κ2) is 10.8. The van der Waals surface area contributed by atoms with E-state index in [9.17, 15) is 0 Å². The van der Waals surface area contributed by atoms with Crippen molar-refractivity contribution in [3.63, 3.8) is 0 Å². The van der Waals surface area contributed by atoms with Crippen molar-refractivity contribution >= 4 is 49.7 Å². The predicted molar refractivity (Wildman–Crippen MR) is 222 cm³/mol. The first-order valence-electron chi connectivity index (χ1n) is 19.0. The number of fused-ring (bicyclic) bond motifs is 16. The average molecular weight is 719 g/mol. The summed E-state index contributed by atoms with van der Waals surface area (Å²) in [5, 5.41) is 2.31. The van der Waals surface area contributed by atoms with Gasteiger partial charge in [0.25, 0.3) is 0 Å². The fourth-order valence-electron chi connectivity index (χ4n) is 9.76. The highest BCUT2D eigenvalue weighted by molar-refractivity contribution is 6.10. The van der Waals surface area contributed by atoms with Crippen LogP contribution < -0.4 is 9.47 Å². The van der Waals surface area contributed by atoms with Gasteiger partial charge in [-0.1, -0.05) is 109 Å². The molecule has 0 saturated carbocycles. The normalized spacial score (nSPS) is 13.8. The summed E-state index contributed by atoms with van der Waals surface area (Å²) in [6, 6.07) is 64.3. The van der Waals surface area contributed by atoms with E-state index in [1.165, 1.54) is 0 Å². The first-order valence-corrected chi connectivity index (χ1v) is 19.0. The largest absolute Gasteiger partial charge is 0.457 e. The van der Waals surface area contributed by atoms with Crippen molar-refractivity contribution in [1.82, 2.24) is 18.5 Å². The summed E-state index contributed by atoms with van der Waals surface area (Å²) in [6.07, 6.45) is 0. The third kappa shape index (κ3) is 3.68. The zero-order chi connectivity index (χ0) is 36.5. The maximum Gasteiger partial charge on any atom is 0.220 e. The standard InChI is InChI=1S/C50H30N4O2/c1-6-20-39-32(14-1)33-30-31(52-42-22-8-9-23-43(42)54-41-21-7-5-19-38(41)51-49(52)54)28-29-40(33)53(39)44-24-13-18-37-48(44)56-47-27-12-4-17-36(47)50(37)34-15-2-10-25-45(34)55-46-26-11-3-16-35(46)50/h1-30H. The number of nitrogens with zero attached hydrogens (tertiary/aromatic N) is 4. The first kappa shape index (κ1) is 29.8. The van der Waals surface area contributed by atoms with Crippen LogP contribution in [0.5, 0.6) is 23.0 Å².